The van der Waals surface area contributed by atoms with Gasteiger partial charge in [0.1, 0.15) is 0 Å². The summed E-state index contributed by atoms with van der Waals surface area (Å²) < 4.78 is 0. The first-order valence-electron chi connectivity index (χ1n) is 9.50. The first kappa shape index (κ1) is 18.3. The number of likely N-dealkylation sites (N-methyl/N-ethyl adjacent to an activating group) is 1. The van der Waals surface area contributed by atoms with Crippen molar-refractivity contribution in [3.63, 3.8) is 0 Å². The van der Waals surface area contributed by atoms with E-state index >= 15 is 0 Å². The van der Waals surface area contributed by atoms with Crippen LogP contribution in [-0.4, -0.2) is 64.9 Å². The molecule has 0 saturated carbocycles. The monoisotopic (exact) mass is 382 g/mol. The molecule has 0 aliphatic carbocycles. The van der Waals surface area contributed by atoms with Crippen LogP contribution in [0.5, 0.6) is 0 Å². The summed E-state index contributed by atoms with van der Waals surface area (Å²) in [6, 6.07) is 5.44. The highest BCUT2D eigenvalue weighted by molar-refractivity contribution is 6.05. The van der Waals surface area contributed by atoms with Gasteiger partial charge < -0.3 is 15.1 Å². The quantitative estimate of drug-likeness (QED) is 0.831. The van der Waals surface area contributed by atoms with E-state index in [2.05, 4.69) is 47.6 Å². The van der Waals surface area contributed by atoms with Gasteiger partial charge in [-0.15, -0.1) is 0 Å². The number of aryl methyl sites for hydroxylation is 2. The zero-order valence-electron chi connectivity index (χ0n) is 16.9. The minimum absolute atomic E-state index is 0.297. The van der Waals surface area contributed by atoms with Gasteiger partial charge in [0.05, 0.1) is 0 Å². The van der Waals surface area contributed by atoms with E-state index < -0.39 is 18.2 Å². The Bertz CT molecular complexity index is 921. The predicted octanol–water partition coefficient (Wildman–Crippen LogP) is 1.83. The van der Waals surface area contributed by atoms with Gasteiger partial charge in [-0.1, -0.05) is 17.7 Å². The molecule has 148 valence electrons. The smallest absolute Gasteiger partial charge is 0.325 e. The zero-order chi connectivity index (χ0) is 20.2. The number of allylic oxidation sites excluding steroid dienone is 2. The molecule has 2 N–H and O–H groups in total. The second kappa shape index (κ2) is 6.54. The van der Waals surface area contributed by atoms with Crippen molar-refractivity contribution in [1.29, 1.82) is 0 Å². The zero-order valence-corrected chi connectivity index (χ0v) is 16.9. The summed E-state index contributed by atoms with van der Waals surface area (Å²) in [7, 11) is 1.67. The van der Waals surface area contributed by atoms with Crippen LogP contribution in [0, 0.1) is 13.8 Å². The molecule has 3 heterocycles. The third-order valence-corrected chi connectivity index (χ3v) is 5.80. The number of nitrogens with zero attached hydrogens (tertiary/aromatic N) is 4. The molecule has 3 aliphatic heterocycles. The van der Waals surface area contributed by atoms with E-state index in [0.29, 0.717) is 6.54 Å². The lowest BCUT2D eigenvalue weighted by molar-refractivity contribution is -0.126. The molecule has 8 nitrogen and oxygen atoms in total. The number of carbonyl (C=O) groups excluding carboxylic acids is 2. The topological polar surface area (TPSA) is 80.3 Å². The Morgan fingerprint density at radius 1 is 1.14 bits per heavy atom. The molecule has 0 radical (unpaired) electrons. The molecule has 4 rings (SSSR count). The molecule has 0 aromatic heterocycles. The number of nitrogens with one attached hydrogen (secondary N) is 2. The van der Waals surface area contributed by atoms with Crippen LogP contribution in [0.25, 0.3) is 0 Å². The average Bonchev–Trinajstić information content (AvgIpc) is 3.13. The third kappa shape index (κ3) is 2.71. The molecule has 2 atom stereocenters. The molecule has 8 heteroatoms. The molecule has 1 fully saturated rings. The van der Waals surface area contributed by atoms with Crippen molar-refractivity contribution in [2.24, 2.45) is 4.99 Å². The van der Waals surface area contributed by atoms with Crippen LogP contribution in [0.3, 0.4) is 0 Å². The second-order valence-electron chi connectivity index (χ2n) is 7.63. The van der Waals surface area contributed by atoms with Gasteiger partial charge in [0, 0.05) is 37.2 Å². The second-order valence-corrected chi connectivity index (χ2v) is 7.63. The molecule has 3 amide bonds. The first-order valence-corrected chi connectivity index (χ1v) is 9.50. The van der Waals surface area contributed by atoms with E-state index in [-0.39, 0.29) is 5.91 Å². The number of hydrogen-bond donors (Lipinski definition) is 2. The maximum Gasteiger partial charge on any atom is 0.325 e. The average molecular weight is 382 g/mol. The van der Waals surface area contributed by atoms with E-state index in [0.717, 1.165) is 29.6 Å². The fraction of sp³-hybridized carbons (Fsp3) is 0.450. The van der Waals surface area contributed by atoms with E-state index in [4.69, 9.17) is 4.99 Å². The molecule has 1 aromatic carbocycles. The highest BCUT2D eigenvalue weighted by Crippen LogP contribution is 2.35. The van der Waals surface area contributed by atoms with Crippen LogP contribution in [0.4, 0.5) is 10.5 Å². The molecule has 28 heavy (non-hydrogen) atoms. The van der Waals surface area contributed by atoms with E-state index in [1.165, 1.54) is 16.0 Å². The Morgan fingerprint density at radius 3 is 2.61 bits per heavy atom. The molecule has 2 unspecified atom stereocenters. The van der Waals surface area contributed by atoms with Gasteiger partial charge >= 0.3 is 6.03 Å². The van der Waals surface area contributed by atoms with Crippen molar-refractivity contribution in [3.05, 3.63) is 40.7 Å². The van der Waals surface area contributed by atoms with Crippen LogP contribution in [0.15, 0.2) is 34.6 Å². The molecular formula is C20H26N6O2. The SMILES string of the molecule is CC1=C(C)N2C(=NC3C2C(=O)NC(=O)N3C)N1CCNc1ccc(C)cc1C. The molecule has 0 bridgehead atoms. The lowest BCUT2D eigenvalue weighted by Gasteiger charge is -2.35. The number of fused-ring (bicyclic) bond motifs is 3. The van der Waals surface area contributed by atoms with Gasteiger partial charge in [-0.3, -0.25) is 15.0 Å². The predicted molar refractivity (Wildman–Crippen MR) is 108 cm³/mol. The number of rotatable bonds is 4. The van der Waals surface area contributed by atoms with E-state index in [9.17, 15) is 9.59 Å². The van der Waals surface area contributed by atoms with Crippen molar-refractivity contribution in [2.45, 2.75) is 39.9 Å². The number of urea groups is 1. The molecule has 1 saturated heterocycles. The van der Waals surface area contributed by atoms with Crippen molar-refractivity contribution in [3.8, 4) is 0 Å². The van der Waals surface area contributed by atoms with Crippen LogP contribution < -0.4 is 10.6 Å². The van der Waals surface area contributed by atoms with Crippen LogP contribution >= 0.6 is 0 Å². The summed E-state index contributed by atoms with van der Waals surface area (Å²) in [6.07, 6.45) is -0.492. The first-order chi connectivity index (χ1) is 13.3. The lowest BCUT2D eigenvalue weighted by atomic mass is 10.1. The minimum Gasteiger partial charge on any atom is -0.383 e. The highest BCUT2D eigenvalue weighted by Gasteiger charge is 2.52. The number of aliphatic imine (C=N–C) groups is 1. The van der Waals surface area contributed by atoms with Gasteiger partial charge in [0.25, 0.3) is 5.91 Å². The third-order valence-electron chi connectivity index (χ3n) is 5.80. The van der Waals surface area contributed by atoms with Crippen LogP contribution in [0.2, 0.25) is 0 Å². The number of hydrogen-bond acceptors (Lipinski definition) is 6. The lowest BCUT2D eigenvalue weighted by Crippen LogP contribution is -2.63. The molecule has 1 aromatic rings. The van der Waals surface area contributed by atoms with Crippen molar-refractivity contribution in [1.82, 2.24) is 20.0 Å². The summed E-state index contributed by atoms with van der Waals surface area (Å²) in [5.41, 5.74) is 5.65. The van der Waals surface area contributed by atoms with Crippen molar-refractivity contribution >= 4 is 23.6 Å². The van der Waals surface area contributed by atoms with Gasteiger partial charge in [-0.05, 0) is 39.3 Å². The molecular weight excluding hydrogens is 356 g/mol. The number of guanidine groups is 1. The normalized spacial score (nSPS) is 23.8. The van der Waals surface area contributed by atoms with E-state index in [1.807, 2.05) is 18.7 Å². The highest BCUT2D eigenvalue weighted by atomic mass is 16.2. The Kier molecular flexibility index (Phi) is 4.28. The number of imide groups is 1. The Labute approximate surface area is 164 Å². The maximum absolute atomic E-state index is 12.5. The Morgan fingerprint density at radius 2 is 1.89 bits per heavy atom. The number of benzene rings is 1. The van der Waals surface area contributed by atoms with Gasteiger partial charge in [-0.25, -0.2) is 9.79 Å². The van der Waals surface area contributed by atoms with Gasteiger partial charge in [0.15, 0.2) is 12.2 Å². The molecule has 3 aliphatic rings. The maximum atomic E-state index is 12.5. The summed E-state index contributed by atoms with van der Waals surface area (Å²) in [4.78, 5) is 34.7. The summed E-state index contributed by atoms with van der Waals surface area (Å²) >= 11 is 0. The summed E-state index contributed by atoms with van der Waals surface area (Å²) in [6.45, 7) is 9.66. The Balaban J connectivity index is 1.52. The van der Waals surface area contributed by atoms with Crippen molar-refractivity contribution in [2.75, 3.05) is 25.5 Å². The standard InChI is InChI=1S/C20H26N6O2/c1-11-6-7-15(12(2)10-11)21-8-9-25-13(3)14(4)26-16-17(22-19(25)26)24(5)20(28)23-18(16)27/h6-7,10,16-17,21H,8-9H2,1-5H3,(H,23,27,28). The summed E-state index contributed by atoms with van der Waals surface area (Å²) in [5.74, 6) is 0.443. The molecule has 0 spiro atoms. The van der Waals surface area contributed by atoms with Crippen LogP contribution in [0.1, 0.15) is 25.0 Å². The van der Waals surface area contributed by atoms with Gasteiger partial charge in [-0.2, -0.15) is 0 Å². The van der Waals surface area contributed by atoms with Crippen molar-refractivity contribution < 1.29 is 9.59 Å². The Hall–Kier alpha value is -3.03. The fourth-order valence-electron chi connectivity index (χ4n) is 4.11. The number of anilines is 1. The van der Waals surface area contributed by atoms with Gasteiger partial charge in [0.2, 0.25) is 5.96 Å². The van der Waals surface area contributed by atoms with E-state index in [1.54, 1.807) is 7.05 Å². The summed E-state index contributed by atoms with van der Waals surface area (Å²) in [5, 5.41) is 5.91. The fourth-order valence-corrected chi connectivity index (χ4v) is 4.11. The largest absolute Gasteiger partial charge is 0.383 e. The van der Waals surface area contributed by atoms with Crippen LogP contribution in [-0.2, 0) is 4.79 Å². The minimum atomic E-state index is -0.509. The number of carbonyl (C=O) groups is 2. The number of amides is 3.